The van der Waals surface area contributed by atoms with Gasteiger partial charge in [0.1, 0.15) is 11.3 Å². The maximum absolute atomic E-state index is 13.2. The molecule has 0 aliphatic rings. The molecule has 90 valence electrons. The zero-order chi connectivity index (χ0) is 12.5. The molecule has 1 aromatic rings. The van der Waals surface area contributed by atoms with Gasteiger partial charge < -0.3 is 4.74 Å². The topological polar surface area (TPSA) is 22.1 Å². The molecule has 0 aliphatic carbocycles. The van der Waals surface area contributed by atoms with E-state index in [4.69, 9.17) is 0 Å². The number of rotatable bonds is 2. The average molecular weight is 245 g/mol. The number of hydrogen-bond donors (Lipinski definition) is 0. The summed E-state index contributed by atoms with van der Waals surface area (Å²) in [6.45, 7) is 0. The highest BCUT2D eigenvalue weighted by Gasteiger charge is 2.41. The molecule has 0 N–H and O–H groups in total. The molecule has 0 aromatic carbocycles. The molecule has 0 bridgehead atoms. The van der Waals surface area contributed by atoms with Gasteiger partial charge in [-0.1, -0.05) is 0 Å². The highest BCUT2D eigenvalue weighted by molar-refractivity contribution is 5.34. The maximum Gasteiger partial charge on any atom is 0.421 e. The van der Waals surface area contributed by atoms with E-state index >= 15 is 0 Å². The van der Waals surface area contributed by atoms with Crippen molar-refractivity contribution < 1.29 is 31.1 Å². The third kappa shape index (κ3) is 2.20. The number of halogens is 6. The molecule has 8 heteroatoms. The molecular formula is C8H5F6NO. The van der Waals surface area contributed by atoms with Crippen LogP contribution in [0.25, 0.3) is 0 Å². The van der Waals surface area contributed by atoms with Crippen molar-refractivity contribution >= 4 is 0 Å². The van der Waals surface area contributed by atoms with E-state index in [0.29, 0.717) is 6.20 Å². The van der Waals surface area contributed by atoms with Gasteiger partial charge in [-0.2, -0.15) is 13.2 Å². The zero-order valence-corrected chi connectivity index (χ0v) is 7.78. The van der Waals surface area contributed by atoms with Crippen molar-refractivity contribution in [2.45, 2.75) is 12.6 Å². The number of hydrogen-bond acceptors (Lipinski definition) is 2. The van der Waals surface area contributed by atoms with Crippen LogP contribution in [0.4, 0.5) is 26.3 Å². The molecule has 0 radical (unpaired) electrons. The van der Waals surface area contributed by atoms with Gasteiger partial charge >= 0.3 is 6.18 Å². The Bertz CT molecular complexity index is 389. The third-order valence-electron chi connectivity index (χ3n) is 1.72. The lowest BCUT2D eigenvalue weighted by atomic mass is 10.1. The van der Waals surface area contributed by atoms with Crippen LogP contribution in [-0.4, -0.2) is 12.1 Å². The van der Waals surface area contributed by atoms with Crippen LogP contribution in [0.2, 0.25) is 0 Å². The molecule has 0 aliphatic heterocycles. The molecule has 16 heavy (non-hydrogen) atoms. The molecule has 2 nitrogen and oxygen atoms in total. The lowest BCUT2D eigenvalue weighted by Crippen LogP contribution is -2.15. The van der Waals surface area contributed by atoms with E-state index in [1.165, 1.54) is 0 Å². The lowest BCUT2D eigenvalue weighted by Gasteiger charge is -2.14. The minimum Gasteiger partial charge on any atom is -0.492 e. The first-order valence-corrected chi connectivity index (χ1v) is 3.86. The molecular weight excluding hydrogens is 240 g/mol. The summed E-state index contributed by atoms with van der Waals surface area (Å²) in [7, 11) is 0.905. The van der Waals surface area contributed by atoms with Crippen molar-refractivity contribution in [1.82, 2.24) is 4.98 Å². The second-order valence-corrected chi connectivity index (χ2v) is 2.70. The van der Waals surface area contributed by atoms with E-state index < -0.39 is 35.4 Å². The summed E-state index contributed by atoms with van der Waals surface area (Å²) in [5, 5.41) is 0. The number of methoxy groups -OCH3 is 1. The highest BCUT2D eigenvalue weighted by Crippen LogP contribution is 2.39. The SMILES string of the molecule is COc1cnc(C(F)F)c(C(F)(F)F)c1F. The van der Waals surface area contributed by atoms with E-state index in [9.17, 15) is 26.3 Å². The molecule has 0 unspecified atom stereocenters. The first kappa shape index (κ1) is 12.6. The van der Waals surface area contributed by atoms with Gasteiger partial charge in [0.25, 0.3) is 6.43 Å². The first-order valence-electron chi connectivity index (χ1n) is 3.86. The van der Waals surface area contributed by atoms with Crippen LogP contribution >= 0.6 is 0 Å². The van der Waals surface area contributed by atoms with Crippen LogP contribution in [-0.2, 0) is 6.18 Å². The fourth-order valence-electron chi connectivity index (χ4n) is 1.06. The Hall–Kier alpha value is -1.47. The van der Waals surface area contributed by atoms with Gasteiger partial charge in [0.05, 0.1) is 13.3 Å². The van der Waals surface area contributed by atoms with Gasteiger partial charge in [-0.05, 0) is 0 Å². The summed E-state index contributed by atoms with van der Waals surface area (Å²) in [4.78, 5) is 2.84. The van der Waals surface area contributed by atoms with Gasteiger partial charge in [-0.3, -0.25) is 4.98 Å². The fraction of sp³-hybridized carbons (Fsp3) is 0.375. The molecule has 0 saturated heterocycles. The Morgan fingerprint density at radius 2 is 1.88 bits per heavy atom. The number of aromatic nitrogens is 1. The summed E-state index contributed by atoms with van der Waals surface area (Å²) in [5.41, 5.74) is -3.74. The summed E-state index contributed by atoms with van der Waals surface area (Å²) < 4.78 is 78.8. The molecule has 1 aromatic heterocycles. The number of pyridine rings is 1. The lowest BCUT2D eigenvalue weighted by molar-refractivity contribution is -0.142. The van der Waals surface area contributed by atoms with Gasteiger partial charge in [0.2, 0.25) is 0 Å². The fourth-order valence-corrected chi connectivity index (χ4v) is 1.06. The zero-order valence-electron chi connectivity index (χ0n) is 7.78. The minimum absolute atomic E-state index is 0.478. The minimum atomic E-state index is -5.25. The van der Waals surface area contributed by atoms with E-state index in [2.05, 4.69) is 9.72 Å². The van der Waals surface area contributed by atoms with Crippen LogP contribution in [0.3, 0.4) is 0 Å². The number of ether oxygens (including phenoxy) is 1. The molecule has 1 heterocycles. The predicted octanol–water partition coefficient (Wildman–Crippen LogP) is 3.19. The molecule has 0 atom stereocenters. The van der Waals surface area contributed by atoms with Gasteiger partial charge in [-0.25, -0.2) is 13.2 Å². The van der Waals surface area contributed by atoms with Crippen LogP contribution in [0.5, 0.6) is 5.75 Å². The molecule has 0 spiro atoms. The summed E-state index contributed by atoms with van der Waals surface area (Å²) in [5.74, 6) is -2.72. The normalized spacial score (nSPS) is 12.0. The molecule has 1 rings (SSSR count). The molecule has 0 fully saturated rings. The Balaban J connectivity index is 3.50. The van der Waals surface area contributed by atoms with Crippen molar-refractivity contribution in [2.24, 2.45) is 0 Å². The van der Waals surface area contributed by atoms with Crippen molar-refractivity contribution in [3.63, 3.8) is 0 Å². The average Bonchev–Trinajstić information content (AvgIpc) is 2.14. The van der Waals surface area contributed by atoms with Gasteiger partial charge in [0, 0.05) is 0 Å². The van der Waals surface area contributed by atoms with Crippen molar-refractivity contribution in [3.05, 3.63) is 23.3 Å². The van der Waals surface area contributed by atoms with Gasteiger partial charge in [0.15, 0.2) is 11.6 Å². The first-order chi connectivity index (χ1) is 7.29. The highest BCUT2D eigenvalue weighted by atomic mass is 19.4. The van der Waals surface area contributed by atoms with E-state index in [0.717, 1.165) is 7.11 Å². The second-order valence-electron chi connectivity index (χ2n) is 2.70. The van der Waals surface area contributed by atoms with Crippen LogP contribution < -0.4 is 4.74 Å². The summed E-state index contributed by atoms with van der Waals surface area (Å²) >= 11 is 0. The van der Waals surface area contributed by atoms with E-state index in [1.807, 2.05) is 0 Å². The number of nitrogens with zero attached hydrogens (tertiary/aromatic N) is 1. The van der Waals surface area contributed by atoms with Crippen LogP contribution in [0.15, 0.2) is 6.20 Å². The second kappa shape index (κ2) is 4.18. The quantitative estimate of drug-likeness (QED) is 0.746. The Morgan fingerprint density at radius 1 is 1.31 bits per heavy atom. The largest absolute Gasteiger partial charge is 0.492 e. The predicted molar refractivity (Wildman–Crippen MR) is 40.7 cm³/mol. The van der Waals surface area contributed by atoms with Gasteiger partial charge in [-0.15, -0.1) is 0 Å². The Morgan fingerprint density at radius 3 is 2.25 bits per heavy atom. The van der Waals surface area contributed by atoms with Crippen molar-refractivity contribution in [1.29, 1.82) is 0 Å². The standard InChI is InChI=1S/C8H5F6NO/c1-16-3-2-15-6(7(10)11)4(5(3)9)8(12,13)14/h2,7H,1H3. The van der Waals surface area contributed by atoms with Crippen LogP contribution in [0, 0.1) is 5.82 Å². The van der Waals surface area contributed by atoms with E-state index in [1.54, 1.807) is 0 Å². The van der Waals surface area contributed by atoms with Crippen molar-refractivity contribution in [2.75, 3.05) is 7.11 Å². The Kier molecular flexibility index (Phi) is 3.30. The maximum atomic E-state index is 13.2. The number of alkyl halides is 5. The summed E-state index contributed by atoms with van der Waals surface area (Å²) in [6, 6.07) is 0. The molecule has 0 amide bonds. The monoisotopic (exact) mass is 245 g/mol. The smallest absolute Gasteiger partial charge is 0.421 e. The van der Waals surface area contributed by atoms with E-state index in [-0.39, 0.29) is 0 Å². The summed E-state index contributed by atoms with van der Waals surface area (Å²) in [6.07, 6.45) is -8.29. The molecule has 0 saturated carbocycles. The van der Waals surface area contributed by atoms with Crippen molar-refractivity contribution in [3.8, 4) is 5.75 Å². The Labute approximate surface area is 85.9 Å². The van der Waals surface area contributed by atoms with Crippen LogP contribution in [0.1, 0.15) is 17.7 Å². The third-order valence-corrected chi connectivity index (χ3v) is 1.72.